The summed E-state index contributed by atoms with van der Waals surface area (Å²) in [7, 11) is 0. The van der Waals surface area contributed by atoms with Gasteiger partial charge in [0.2, 0.25) is 0 Å². The quantitative estimate of drug-likeness (QED) is 0.350. The van der Waals surface area contributed by atoms with Crippen molar-refractivity contribution in [2.45, 2.75) is 39.2 Å². The van der Waals surface area contributed by atoms with Gasteiger partial charge in [0, 0.05) is 11.4 Å². The second-order valence-electron chi connectivity index (χ2n) is 7.86. The molecule has 0 saturated carbocycles. The van der Waals surface area contributed by atoms with Gasteiger partial charge >= 0.3 is 5.97 Å². The summed E-state index contributed by atoms with van der Waals surface area (Å²) in [5.41, 5.74) is 4.36. The summed E-state index contributed by atoms with van der Waals surface area (Å²) in [6.07, 6.45) is 3.97. The zero-order chi connectivity index (χ0) is 22.1. The number of benzene rings is 1. The van der Waals surface area contributed by atoms with Crippen LogP contribution in [0.5, 0.6) is 0 Å². The van der Waals surface area contributed by atoms with Crippen molar-refractivity contribution in [3.8, 4) is 0 Å². The van der Waals surface area contributed by atoms with Crippen LogP contribution < -0.4 is 5.32 Å². The van der Waals surface area contributed by atoms with Crippen LogP contribution in [0.1, 0.15) is 56.6 Å². The summed E-state index contributed by atoms with van der Waals surface area (Å²) >= 11 is 3.14. The number of carbonyl (C=O) groups excluding carboxylic acids is 2. The summed E-state index contributed by atoms with van der Waals surface area (Å²) in [6.45, 7) is 2.72. The topological polar surface area (TPSA) is 60.3 Å². The van der Waals surface area contributed by atoms with Gasteiger partial charge in [-0.25, -0.2) is 4.79 Å². The fraction of sp³-hybridized carbons (Fsp3) is 0.280. The predicted molar refractivity (Wildman–Crippen MR) is 130 cm³/mol. The number of thiophene rings is 2. The molecule has 5 nitrogen and oxygen atoms in total. The first-order valence-electron chi connectivity index (χ1n) is 10.9. The normalized spacial score (nSPS) is 13.2. The lowest BCUT2D eigenvalue weighted by Gasteiger charge is -2.13. The summed E-state index contributed by atoms with van der Waals surface area (Å²) in [4.78, 5) is 27.4. The molecule has 0 fully saturated rings. The Morgan fingerprint density at radius 2 is 1.94 bits per heavy atom. The number of anilines is 1. The monoisotopic (exact) mass is 464 g/mol. The number of hydrogen-bond acceptors (Lipinski definition) is 5. The molecule has 1 aliphatic rings. The van der Waals surface area contributed by atoms with Crippen molar-refractivity contribution in [3.63, 3.8) is 0 Å². The van der Waals surface area contributed by atoms with E-state index in [2.05, 4.69) is 17.4 Å². The summed E-state index contributed by atoms with van der Waals surface area (Å²) in [6, 6.07) is 14.1. The Hall–Kier alpha value is -2.90. The lowest BCUT2D eigenvalue weighted by Crippen LogP contribution is -2.19. The molecule has 0 spiro atoms. The average molecular weight is 465 g/mol. The fourth-order valence-corrected chi connectivity index (χ4v) is 6.44. The molecular formula is C25H24N2O3S2. The maximum atomic E-state index is 13.5. The smallest absolute Gasteiger partial charge is 0.341 e. The first-order chi connectivity index (χ1) is 15.7. The lowest BCUT2D eigenvalue weighted by atomic mass is 9.95. The van der Waals surface area contributed by atoms with Gasteiger partial charge in [0.15, 0.2) is 0 Å². The number of carbonyl (C=O) groups is 2. The molecule has 0 saturated heterocycles. The van der Waals surface area contributed by atoms with E-state index >= 15 is 0 Å². The zero-order valence-corrected chi connectivity index (χ0v) is 19.5. The molecule has 4 aromatic rings. The lowest BCUT2D eigenvalue weighted by molar-refractivity contribution is 0.0526. The standard InChI is InChI=1S/C25H24N2O3S2/c1-2-30-25(29)22-17-10-6-7-11-20(17)32-24(22)26-23(28)19-14-21-18(12-13-31-21)27(19)15-16-8-4-3-5-9-16/h3-5,8-9,12-14H,2,6-7,10-11,15H2,1H3,(H,26,28). The number of nitrogens with zero attached hydrogens (tertiary/aromatic N) is 1. The predicted octanol–water partition coefficient (Wildman–Crippen LogP) is 6.12. The summed E-state index contributed by atoms with van der Waals surface area (Å²) < 4.78 is 8.45. The van der Waals surface area contributed by atoms with E-state index in [0.717, 1.165) is 47.0 Å². The van der Waals surface area contributed by atoms with E-state index in [9.17, 15) is 9.59 Å². The number of ether oxygens (including phenoxy) is 1. The minimum atomic E-state index is -0.345. The van der Waals surface area contributed by atoms with E-state index in [4.69, 9.17) is 4.74 Å². The third-order valence-corrected chi connectivity index (χ3v) is 7.88. The van der Waals surface area contributed by atoms with Gasteiger partial charge in [-0.15, -0.1) is 22.7 Å². The Morgan fingerprint density at radius 3 is 2.75 bits per heavy atom. The zero-order valence-electron chi connectivity index (χ0n) is 17.8. The number of rotatable bonds is 6. The minimum Gasteiger partial charge on any atom is -0.462 e. The molecule has 3 heterocycles. The molecule has 32 heavy (non-hydrogen) atoms. The van der Waals surface area contributed by atoms with Gasteiger partial charge in [-0.2, -0.15) is 0 Å². The highest BCUT2D eigenvalue weighted by molar-refractivity contribution is 7.17. The number of amides is 1. The molecule has 1 aliphatic carbocycles. The van der Waals surface area contributed by atoms with Crippen LogP contribution >= 0.6 is 22.7 Å². The number of aryl methyl sites for hydroxylation is 1. The van der Waals surface area contributed by atoms with Crippen molar-refractivity contribution in [1.29, 1.82) is 0 Å². The Kier molecular flexibility index (Phi) is 5.85. The highest BCUT2D eigenvalue weighted by Crippen LogP contribution is 2.39. The van der Waals surface area contributed by atoms with Gasteiger partial charge in [0.25, 0.3) is 5.91 Å². The van der Waals surface area contributed by atoms with E-state index in [1.165, 1.54) is 16.2 Å². The van der Waals surface area contributed by atoms with E-state index in [0.29, 0.717) is 29.4 Å². The van der Waals surface area contributed by atoms with Crippen LogP contribution in [-0.2, 0) is 24.1 Å². The van der Waals surface area contributed by atoms with Gasteiger partial charge in [0.05, 0.1) is 22.4 Å². The van der Waals surface area contributed by atoms with Crippen LogP contribution in [0.15, 0.2) is 47.8 Å². The van der Waals surface area contributed by atoms with E-state index < -0.39 is 0 Å². The molecule has 0 atom stereocenters. The molecule has 0 unspecified atom stereocenters. The second kappa shape index (κ2) is 8.92. The first kappa shape index (κ1) is 21.0. The number of nitrogens with one attached hydrogen (secondary N) is 1. The van der Waals surface area contributed by atoms with Gasteiger partial charge in [-0.05, 0) is 61.2 Å². The number of fused-ring (bicyclic) bond motifs is 2. The second-order valence-corrected chi connectivity index (χ2v) is 9.91. The van der Waals surface area contributed by atoms with Crippen LogP contribution in [0.2, 0.25) is 0 Å². The van der Waals surface area contributed by atoms with Gasteiger partial charge < -0.3 is 14.6 Å². The van der Waals surface area contributed by atoms with Crippen LogP contribution in [0.4, 0.5) is 5.00 Å². The van der Waals surface area contributed by atoms with Crippen LogP contribution in [0.25, 0.3) is 10.2 Å². The van der Waals surface area contributed by atoms with Crippen molar-refractivity contribution in [1.82, 2.24) is 4.57 Å². The molecular weight excluding hydrogens is 440 g/mol. The van der Waals surface area contributed by atoms with Crippen molar-refractivity contribution in [3.05, 3.63) is 75.1 Å². The molecule has 3 aromatic heterocycles. The molecule has 0 bridgehead atoms. The number of esters is 1. The highest BCUT2D eigenvalue weighted by Gasteiger charge is 2.28. The van der Waals surface area contributed by atoms with E-state index in [-0.39, 0.29) is 11.9 Å². The molecule has 5 rings (SSSR count). The maximum absolute atomic E-state index is 13.5. The Balaban J connectivity index is 1.51. The minimum absolute atomic E-state index is 0.200. The molecule has 0 radical (unpaired) electrons. The maximum Gasteiger partial charge on any atom is 0.341 e. The van der Waals surface area contributed by atoms with Crippen LogP contribution in [-0.4, -0.2) is 23.1 Å². The number of hydrogen-bond donors (Lipinski definition) is 1. The Bertz CT molecular complexity index is 1280. The fourth-order valence-electron chi connectivity index (χ4n) is 4.34. The van der Waals surface area contributed by atoms with Crippen molar-refractivity contribution >= 4 is 49.8 Å². The van der Waals surface area contributed by atoms with Crippen molar-refractivity contribution in [2.24, 2.45) is 0 Å². The molecule has 1 aromatic carbocycles. The SMILES string of the molecule is CCOC(=O)c1c(NC(=O)c2cc3sccc3n2Cc2ccccc2)sc2c1CCCC2. The largest absolute Gasteiger partial charge is 0.462 e. The molecule has 164 valence electrons. The number of aromatic nitrogens is 1. The summed E-state index contributed by atoms with van der Waals surface area (Å²) in [5, 5.41) is 5.71. The van der Waals surface area contributed by atoms with Crippen molar-refractivity contribution < 1.29 is 14.3 Å². The van der Waals surface area contributed by atoms with Crippen molar-refractivity contribution in [2.75, 3.05) is 11.9 Å². The third kappa shape index (κ3) is 3.87. The van der Waals surface area contributed by atoms with E-state index in [1.807, 2.05) is 40.3 Å². The molecule has 1 N–H and O–H groups in total. The average Bonchev–Trinajstić information content (AvgIpc) is 3.48. The first-order valence-corrected chi connectivity index (χ1v) is 12.6. The third-order valence-electron chi connectivity index (χ3n) is 5.82. The Morgan fingerprint density at radius 1 is 1.12 bits per heavy atom. The van der Waals surface area contributed by atoms with E-state index in [1.54, 1.807) is 18.3 Å². The highest BCUT2D eigenvalue weighted by atomic mass is 32.1. The Labute approximate surface area is 194 Å². The summed E-state index contributed by atoms with van der Waals surface area (Å²) in [5.74, 6) is -0.545. The van der Waals surface area contributed by atoms with Gasteiger partial charge in [-0.3, -0.25) is 4.79 Å². The van der Waals surface area contributed by atoms with Gasteiger partial charge in [-0.1, -0.05) is 30.3 Å². The molecule has 7 heteroatoms. The molecule has 1 amide bonds. The molecule has 0 aliphatic heterocycles. The van der Waals surface area contributed by atoms with Crippen LogP contribution in [0, 0.1) is 0 Å². The van der Waals surface area contributed by atoms with Gasteiger partial charge in [0.1, 0.15) is 10.7 Å². The van der Waals surface area contributed by atoms with Crippen LogP contribution in [0.3, 0.4) is 0 Å².